The summed E-state index contributed by atoms with van der Waals surface area (Å²) in [5.74, 6) is -0.610. The zero-order valence-electron chi connectivity index (χ0n) is 13.3. The first-order chi connectivity index (χ1) is 11.5. The molecule has 1 aromatic heterocycles. The van der Waals surface area contributed by atoms with Crippen molar-refractivity contribution in [3.05, 3.63) is 60.2 Å². The summed E-state index contributed by atoms with van der Waals surface area (Å²) in [6, 6.07) is 16.4. The van der Waals surface area contributed by atoms with Crippen LogP contribution in [0.5, 0.6) is 0 Å². The molecular weight excluding hydrogens is 304 g/mol. The van der Waals surface area contributed by atoms with E-state index in [0.29, 0.717) is 11.5 Å². The number of nitrogens with zero attached hydrogens (tertiary/aromatic N) is 4. The third-order valence-corrected chi connectivity index (χ3v) is 3.57. The number of carboxylic acid groups (broad SMARTS) is 1. The summed E-state index contributed by atoms with van der Waals surface area (Å²) in [6.45, 7) is 0. The molecule has 0 unspecified atom stereocenters. The van der Waals surface area contributed by atoms with Crippen LogP contribution in [0.2, 0.25) is 0 Å². The van der Waals surface area contributed by atoms with Crippen molar-refractivity contribution >= 4 is 34.1 Å². The van der Waals surface area contributed by atoms with Crippen molar-refractivity contribution in [3.8, 4) is 0 Å². The van der Waals surface area contributed by atoms with Crippen LogP contribution in [-0.4, -0.2) is 30.2 Å². The first-order valence-electron chi connectivity index (χ1n) is 7.37. The molecule has 2 aromatic carbocycles. The van der Waals surface area contributed by atoms with Gasteiger partial charge in [0.15, 0.2) is 5.82 Å². The van der Waals surface area contributed by atoms with E-state index in [0.717, 1.165) is 16.6 Å². The van der Waals surface area contributed by atoms with Gasteiger partial charge in [0, 0.05) is 25.2 Å². The highest BCUT2D eigenvalue weighted by Gasteiger charge is 2.12. The molecule has 0 amide bonds. The van der Waals surface area contributed by atoms with Gasteiger partial charge in [-0.1, -0.05) is 18.2 Å². The molecule has 0 saturated carbocycles. The number of carboxylic acids is 1. The van der Waals surface area contributed by atoms with Crippen molar-refractivity contribution in [2.45, 2.75) is 0 Å². The molecule has 0 bridgehead atoms. The van der Waals surface area contributed by atoms with E-state index >= 15 is 0 Å². The number of carbonyl (C=O) groups is 1. The number of hydrogen-bond acceptors (Lipinski definition) is 5. The van der Waals surface area contributed by atoms with E-state index in [2.05, 4.69) is 15.2 Å². The van der Waals surface area contributed by atoms with Gasteiger partial charge in [-0.2, -0.15) is 0 Å². The van der Waals surface area contributed by atoms with Crippen LogP contribution in [0.1, 0.15) is 10.4 Å². The Hall–Kier alpha value is -3.28. The predicted molar refractivity (Wildman–Crippen MR) is 93.6 cm³/mol. The highest BCUT2D eigenvalue weighted by molar-refractivity contribution is 5.94. The molecule has 0 spiro atoms. The maximum absolute atomic E-state index is 11.4. The molecule has 120 valence electrons. The fourth-order valence-electron chi connectivity index (χ4n) is 2.28. The molecule has 6 heteroatoms. The quantitative estimate of drug-likeness (QED) is 0.722. The van der Waals surface area contributed by atoms with Gasteiger partial charge in [0.05, 0.1) is 11.1 Å². The molecule has 0 aliphatic carbocycles. The summed E-state index contributed by atoms with van der Waals surface area (Å²) < 4.78 is 0. The lowest BCUT2D eigenvalue weighted by Gasteiger charge is -2.13. The van der Waals surface area contributed by atoms with Gasteiger partial charge in [-0.05, 0) is 36.4 Å². The van der Waals surface area contributed by atoms with E-state index in [1.807, 2.05) is 49.3 Å². The van der Waals surface area contributed by atoms with Crippen molar-refractivity contribution in [2.24, 2.45) is 10.2 Å². The third kappa shape index (κ3) is 3.22. The molecule has 0 atom stereocenters. The SMILES string of the molecule is CN(C)c1ccc(N=Nc2ccc3ccccc3n2)c(C(=O)O)c1. The maximum Gasteiger partial charge on any atom is 0.338 e. The standard InChI is InChI=1S/C18H16N4O2/c1-22(2)13-8-9-16(14(11-13)18(23)24)20-21-17-10-7-12-5-3-4-6-15(12)19-17/h3-11H,1-2H3,(H,23,24). The lowest BCUT2D eigenvalue weighted by Crippen LogP contribution is -2.09. The summed E-state index contributed by atoms with van der Waals surface area (Å²) in [5.41, 5.74) is 2.00. The average molecular weight is 320 g/mol. The van der Waals surface area contributed by atoms with Gasteiger partial charge in [0.2, 0.25) is 0 Å². The van der Waals surface area contributed by atoms with Crippen LogP contribution in [0.25, 0.3) is 10.9 Å². The number of pyridine rings is 1. The molecular formula is C18H16N4O2. The number of azo groups is 1. The molecule has 0 aliphatic rings. The number of fused-ring (bicyclic) bond motifs is 1. The second kappa shape index (κ2) is 6.45. The van der Waals surface area contributed by atoms with Crippen LogP contribution >= 0.6 is 0 Å². The Morgan fingerprint density at radius 3 is 2.58 bits per heavy atom. The molecule has 1 heterocycles. The zero-order valence-corrected chi connectivity index (χ0v) is 13.3. The number of benzene rings is 2. The zero-order chi connectivity index (χ0) is 17.1. The van der Waals surface area contributed by atoms with Gasteiger partial charge < -0.3 is 10.0 Å². The van der Waals surface area contributed by atoms with Crippen molar-refractivity contribution < 1.29 is 9.90 Å². The molecule has 3 rings (SSSR count). The number of hydrogen-bond donors (Lipinski definition) is 1. The summed E-state index contributed by atoms with van der Waals surface area (Å²) in [6.07, 6.45) is 0. The minimum Gasteiger partial charge on any atom is -0.478 e. The van der Waals surface area contributed by atoms with E-state index in [-0.39, 0.29) is 5.56 Å². The van der Waals surface area contributed by atoms with Crippen molar-refractivity contribution in [2.75, 3.05) is 19.0 Å². The van der Waals surface area contributed by atoms with Gasteiger partial charge in [0.25, 0.3) is 0 Å². The van der Waals surface area contributed by atoms with Crippen LogP contribution in [0, 0.1) is 0 Å². The Morgan fingerprint density at radius 1 is 1.04 bits per heavy atom. The van der Waals surface area contributed by atoms with Crippen LogP contribution in [0.4, 0.5) is 17.2 Å². The van der Waals surface area contributed by atoms with E-state index in [9.17, 15) is 9.90 Å². The summed E-state index contributed by atoms with van der Waals surface area (Å²) in [5, 5.41) is 18.5. The molecule has 0 aliphatic heterocycles. The lowest BCUT2D eigenvalue weighted by atomic mass is 10.1. The second-order valence-electron chi connectivity index (χ2n) is 5.46. The van der Waals surface area contributed by atoms with Crippen molar-refractivity contribution in [1.29, 1.82) is 0 Å². The molecule has 3 aromatic rings. The summed E-state index contributed by atoms with van der Waals surface area (Å²) >= 11 is 0. The normalized spacial score (nSPS) is 11.1. The molecule has 24 heavy (non-hydrogen) atoms. The fraction of sp³-hybridized carbons (Fsp3) is 0.111. The van der Waals surface area contributed by atoms with Crippen LogP contribution < -0.4 is 4.90 Å². The second-order valence-corrected chi connectivity index (χ2v) is 5.46. The third-order valence-electron chi connectivity index (χ3n) is 3.57. The maximum atomic E-state index is 11.4. The minimum absolute atomic E-state index is 0.103. The first kappa shape index (κ1) is 15.6. The highest BCUT2D eigenvalue weighted by Crippen LogP contribution is 2.26. The van der Waals surface area contributed by atoms with Crippen molar-refractivity contribution in [3.63, 3.8) is 0 Å². The largest absolute Gasteiger partial charge is 0.478 e. The van der Waals surface area contributed by atoms with Crippen LogP contribution in [-0.2, 0) is 0 Å². The average Bonchev–Trinajstić information content (AvgIpc) is 2.59. The highest BCUT2D eigenvalue weighted by atomic mass is 16.4. The van der Waals surface area contributed by atoms with E-state index < -0.39 is 5.97 Å². The Bertz CT molecular complexity index is 935. The van der Waals surface area contributed by atoms with Gasteiger partial charge in [0.1, 0.15) is 5.69 Å². The Kier molecular flexibility index (Phi) is 4.20. The van der Waals surface area contributed by atoms with Gasteiger partial charge in [-0.15, -0.1) is 10.2 Å². The molecule has 0 fully saturated rings. The number of rotatable bonds is 4. The minimum atomic E-state index is -1.04. The molecule has 0 radical (unpaired) electrons. The van der Waals surface area contributed by atoms with Crippen LogP contribution in [0.15, 0.2) is 64.8 Å². The smallest absolute Gasteiger partial charge is 0.338 e. The Balaban J connectivity index is 1.96. The monoisotopic (exact) mass is 320 g/mol. The van der Waals surface area contributed by atoms with E-state index in [4.69, 9.17) is 0 Å². The predicted octanol–water partition coefficient (Wildman–Crippen LogP) is 4.41. The Morgan fingerprint density at radius 2 is 1.83 bits per heavy atom. The van der Waals surface area contributed by atoms with E-state index in [1.54, 1.807) is 24.3 Å². The lowest BCUT2D eigenvalue weighted by molar-refractivity contribution is 0.0698. The first-order valence-corrected chi connectivity index (χ1v) is 7.37. The van der Waals surface area contributed by atoms with Gasteiger partial charge in [-0.25, -0.2) is 9.78 Å². The number of para-hydroxylation sites is 1. The summed E-state index contributed by atoms with van der Waals surface area (Å²) in [4.78, 5) is 17.7. The van der Waals surface area contributed by atoms with Crippen LogP contribution in [0.3, 0.4) is 0 Å². The van der Waals surface area contributed by atoms with Gasteiger partial charge in [-0.3, -0.25) is 0 Å². The Labute approximate surface area is 139 Å². The molecule has 0 saturated heterocycles. The molecule has 6 nitrogen and oxygen atoms in total. The van der Waals surface area contributed by atoms with E-state index in [1.165, 1.54) is 0 Å². The fourth-order valence-corrected chi connectivity index (χ4v) is 2.28. The molecule has 1 N–H and O–H groups in total. The topological polar surface area (TPSA) is 78.2 Å². The number of anilines is 1. The number of aromatic carboxylic acids is 1. The number of aromatic nitrogens is 1. The summed E-state index contributed by atoms with van der Waals surface area (Å²) in [7, 11) is 3.70. The van der Waals surface area contributed by atoms with Gasteiger partial charge >= 0.3 is 5.97 Å². The van der Waals surface area contributed by atoms with Crippen molar-refractivity contribution in [1.82, 2.24) is 4.98 Å².